The maximum Gasteiger partial charge on any atom is 1.00 e. The normalized spacial score (nSPS) is 10.5. The van der Waals surface area contributed by atoms with E-state index in [0.717, 1.165) is 54.0 Å². The van der Waals surface area contributed by atoms with Crippen LogP contribution in [0.1, 0.15) is 88.6 Å². The molecule has 270 valence electrons. The number of nitrogens with one attached hydrogen (secondary N) is 2. The number of azo groups is 1. The molecule has 0 bridgehead atoms. The third kappa shape index (κ3) is 12.8. The summed E-state index contributed by atoms with van der Waals surface area (Å²) in [6.07, 6.45) is 1.28. The van der Waals surface area contributed by atoms with Crippen LogP contribution in [0.15, 0.2) is 71.2 Å². The molecule has 0 atom stereocenters. The SMILES string of the molecule is CC(C)(C)c1nn(-c2cc(C(=O)Nc3cc(C(=O)[O-])cc(C(=O)[O-])c3)cc(C(=O)Nc3cc(C(=O)[O-])cc(C(=O)[O-])c3)c2)c(N)c1N=Nc1ncns1.[Na+].[Na+].[Na+].[Na+]. The van der Waals surface area contributed by atoms with E-state index >= 15 is 0 Å². The zero-order valence-electron chi connectivity index (χ0n) is 31.5. The van der Waals surface area contributed by atoms with Gasteiger partial charge in [-0.3, -0.25) is 9.59 Å². The zero-order valence-corrected chi connectivity index (χ0v) is 40.3. The number of hydrogen-bond donors (Lipinski definition) is 3. The van der Waals surface area contributed by atoms with Gasteiger partial charge in [0.25, 0.3) is 11.8 Å². The largest absolute Gasteiger partial charge is 1.00 e. The second-order valence-electron chi connectivity index (χ2n) is 12.1. The Balaban J connectivity index is 0.00000406. The number of rotatable bonds is 11. The van der Waals surface area contributed by atoms with Gasteiger partial charge in [0.2, 0.25) is 5.13 Å². The number of hydrogen-bond acceptors (Lipinski definition) is 17. The summed E-state index contributed by atoms with van der Waals surface area (Å²) in [6.45, 7) is 5.44. The molecule has 0 spiro atoms. The number of nitrogens with zero attached hydrogens (tertiary/aromatic N) is 6. The molecule has 0 aliphatic rings. The molecule has 57 heavy (non-hydrogen) atoms. The van der Waals surface area contributed by atoms with Crippen molar-refractivity contribution in [2.45, 2.75) is 26.2 Å². The Kier molecular flexibility index (Phi) is 19.6. The smallest absolute Gasteiger partial charge is 0.545 e. The number of nitrogen functional groups attached to an aromatic ring is 1. The Morgan fingerprint density at radius 3 is 1.40 bits per heavy atom. The maximum atomic E-state index is 13.7. The van der Waals surface area contributed by atoms with Crippen LogP contribution in [0.25, 0.3) is 5.69 Å². The fourth-order valence-electron chi connectivity index (χ4n) is 4.80. The number of amides is 2. The summed E-state index contributed by atoms with van der Waals surface area (Å²) in [4.78, 5) is 77.4. The molecular weight excluding hydrogens is 806 g/mol. The molecule has 3 aromatic carbocycles. The van der Waals surface area contributed by atoms with Gasteiger partial charge in [-0.15, -0.1) is 10.2 Å². The number of nitrogens with two attached hydrogens (primary N) is 1. The van der Waals surface area contributed by atoms with Crippen molar-refractivity contribution in [3.63, 3.8) is 0 Å². The minimum absolute atomic E-state index is 0. The van der Waals surface area contributed by atoms with E-state index in [9.17, 15) is 49.2 Å². The van der Waals surface area contributed by atoms with Crippen molar-refractivity contribution in [2.24, 2.45) is 10.2 Å². The first-order valence-corrected chi connectivity index (χ1v) is 15.7. The van der Waals surface area contributed by atoms with E-state index in [-0.39, 0.29) is 163 Å². The number of benzene rings is 3. The molecule has 0 radical (unpaired) electrons. The van der Waals surface area contributed by atoms with Crippen molar-refractivity contribution in [2.75, 3.05) is 16.4 Å². The maximum absolute atomic E-state index is 13.7. The van der Waals surface area contributed by atoms with Crippen LogP contribution in [0, 0.1) is 0 Å². The van der Waals surface area contributed by atoms with Crippen LogP contribution in [0.4, 0.5) is 28.0 Å². The van der Waals surface area contributed by atoms with Crippen LogP contribution in [0.3, 0.4) is 0 Å². The molecule has 0 saturated heterocycles. The van der Waals surface area contributed by atoms with Gasteiger partial charge in [-0.05, 0) is 76.9 Å². The number of aromatic carboxylic acids is 4. The Bertz CT molecular complexity index is 2210. The van der Waals surface area contributed by atoms with E-state index in [1.165, 1.54) is 23.1 Å². The van der Waals surface area contributed by atoms with Crippen LogP contribution in [0.5, 0.6) is 0 Å². The van der Waals surface area contributed by atoms with Gasteiger partial charge in [0.05, 0.1) is 35.3 Å². The number of carboxylic acid groups (broad SMARTS) is 4. The average molecular weight is 830 g/mol. The van der Waals surface area contributed by atoms with Crippen LogP contribution >= 0.6 is 11.5 Å². The molecule has 2 aromatic heterocycles. The average Bonchev–Trinajstić information content (AvgIpc) is 3.74. The summed E-state index contributed by atoms with van der Waals surface area (Å²) in [6, 6.07) is 8.88. The quantitative estimate of drug-likeness (QED) is 0.0823. The first-order valence-electron chi connectivity index (χ1n) is 14.9. The van der Waals surface area contributed by atoms with Gasteiger partial charge in [0.1, 0.15) is 6.33 Å². The Labute approximate surface area is 415 Å². The first kappa shape index (κ1) is 51.7. The summed E-state index contributed by atoms with van der Waals surface area (Å²) in [7, 11) is 0. The Hall–Kier alpha value is -3.35. The molecule has 0 saturated carbocycles. The Morgan fingerprint density at radius 2 is 1.05 bits per heavy atom. The number of carboxylic acids is 4. The van der Waals surface area contributed by atoms with Crippen molar-refractivity contribution < 1.29 is 167 Å². The zero-order chi connectivity index (χ0) is 38.8. The van der Waals surface area contributed by atoms with Crippen molar-refractivity contribution in [3.8, 4) is 5.69 Å². The third-order valence-electron chi connectivity index (χ3n) is 7.20. The number of anilines is 3. The number of aromatic nitrogens is 4. The molecule has 0 fully saturated rings. The van der Waals surface area contributed by atoms with Crippen molar-refractivity contribution in [3.05, 3.63) is 100.0 Å². The summed E-state index contributed by atoms with van der Waals surface area (Å²) in [5.41, 5.74) is 2.84. The first-order chi connectivity index (χ1) is 24.9. The minimum atomic E-state index is -1.74. The van der Waals surface area contributed by atoms with Gasteiger partial charge in [0.15, 0.2) is 11.5 Å². The second kappa shape index (κ2) is 21.6. The van der Waals surface area contributed by atoms with Crippen molar-refractivity contribution in [1.82, 2.24) is 19.1 Å². The van der Waals surface area contributed by atoms with Crippen molar-refractivity contribution >= 4 is 75.2 Å². The number of carbonyl (C=O) groups is 6. The molecule has 19 nitrogen and oxygen atoms in total. The van der Waals surface area contributed by atoms with Crippen LogP contribution in [0.2, 0.25) is 0 Å². The second-order valence-corrected chi connectivity index (χ2v) is 12.9. The van der Waals surface area contributed by atoms with E-state index < -0.39 is 63.4 Å². The summed E-state index contributed by atoms with van der Waals surface area (Å²) >= 11 is 0.963. The monoisotopic (exact) mass is 829 g/mol. The van der Waals surface area contributed by atoms with E-state index in [2.05, 4.69) is 35.3 Å². The molecule has 4 N–H and O–H groups in total. The predicted molar refractivity (Wildman–Crippen MR) is 177 cm³/mol. The molecule has 2 amide bonds. The van der Waals surface area contributed by atoms with Gasteiger partial charge in [-0.25, -0.2) is 9.67 Å². The molecule has 0 unspecified atom stereocenters. The van der Waals surface area contributed by atoms with Crippen LogP contribution < -0.4 is 155 Å². The minimum Gasteiger partial charge on any atom is -0.545 e. The Morgan fingerprint density at radius 1 is 0.649 bits per heavy atom. The van der Waals surface area contributed by atoms with Gasteiger partial charge < -0.3 is 56.0 Å². The third-order valence-corrected chi connectivity index (χ3v) is 7.75. The molecule has 5 rings (SSSR count). The van der Waals surface area contributed by atoms with Crippen LogP contribution in [-0.4, -0.2) is 54.8 Å². The molecule has 5 aromatic rings. The van der Waals surface area contributed by atoms with E-state index in [0.29, 0.717) is 5.69 Å². The van der Waals surface area contributed by atoms with Gasteiger partial charge in [-0.2, -0.15) is 9.47 Å². The van der Waals surface area contributed by atoms with E-state index in [1.54, 1.807) is 0 Å². The molecule has 24 heteroatoms. The topological polar surface area (TPSA) is 313 Å². The van der Waals surface area contributed by atoms with Crippen LogP contribution in [-0.2, 0) is 5.41 Å². The van der Waals surface area contributed by atoms with E-state index in [4.69, 9.17) is 5.73 Å². The summed E-state index contributed by atoms with van der Waals surface area (Å²) in [5, 5.41) is 63.9. The van der Waals surface area contributed by atoms with Gasteiger partial charge in [-0.1, -0.05) is 20.8 Å². The summed E-state index contributed by atoms with van der Waals surface area (Å²) < 4.78 is 5.03. The van der Waals surface area contributed by atoms with Gasteiger partial charge >= 0.3 is 118 Å². The fraction of sp³-hybridized carbons (Fsp3) is 0.121. The molecular formula is C33H23N9Na4O10S. The predicted octanol–water partition coefficient (Wildman–Crippen LogP) is -12.0. The molecule has 0 aliphatic carbocycles. The molecule has 0 aliphatic heterocycles. The standard InChI is InChI=1S/C33H27N9O10S.4Na/c1-33(2,3)24-23(39-40-32-35-13-36-53-32)25(34)42(41-24)22-11-14(26(43)37-20-7-16(28(45)46)5-17(8-20)29(47)48)4-15(12-22)27(44)38-21-9-18(30(49)50)6-19(10-21)31(51)52;;;;/h4-13H,34H2,1-3H3,(H,37,43)(H,38,44)(H,45,46)(H,47,48)(H,49,50)(H,51,52);;;;/q;4*+1/p-4. The number of carbonyl (C=O) groups excluding carboxylic acids is 6. The van der Waals surface area contributed by atoms with Crippen molar-refractivity contribution in [1.29, 1.82) is 0 Å². The van der Waals surface area contributed by atoms with E-state index in [1.807, 2.05) is 20.8 Å². The van der Waals surface area contributed by atoms with Gasteiger partial charge in [0, 0.05) is 39.4 Å². The fourth-order valence-corrected chi connectivity index (χ4v) is 5.16. The summed E-state index contributed by atoms with van der Waals surface area (Å²) in [5.74, 6) is -9.00. The molecule has 2 heterocycles.